The van der Waals surface area contributed by atoms with Gasteiger partial charge < -0.3 is 15.2 Å². The first-order valence-electron chi connectivity index (χ1n) is 7.53. The third-order valence-corrected chi connectivity index (χ3v) is 4.79. The monoisotopic (exact) mass is 312 g/mol. The lowest BCUT2D eigenvalue weighted by Crippen LogP contribution is -2.44. The van der Waals surface area contributed by atoms with Crippen LogP contribution in [0.15, 0.2) is 5.38 Å². The second kappa shape index (κ2) is 7.33. The van der Waals surface area contributed by atoms with Crippen molar-refractivity contribution in [1.29, 1.82) is 0 Å². The number of carbonyl (C=O) groups is 1. The lowest BCUT2D eigenvalue weighted by molar-refractivity contribution is -0.151. The molecule has 0 atom stereocenters. The van der Waals surface area contributed by atoms with E-state index in [2.05, 4.69) is 10.3 Å². The molecule has 0 unspecified atom stereocenters. The van der Waals surface area contributed by atoms with E-state index in [4.69, 9.17) is 4.74 Å². The first kappa shape index (κ1) is 16.4. The number of thiazole rings is 1. The zero-order chi connectivity index (χ0) is 15.3. The highest BCUT2D eigenvalue weighted by Gasteiger charge is 2.35. The van der Waals surface area contributed by atoms with Gasteiger partial charge in [-0.15, -0.1) is 11.3 Å². The molecule has 1 fully saturated rings. The van der Waals surface area contributed by atoms with Crippen LogP contribution in [0, 0.1) is 12.8 Å². The van der Waals surface area contributed by atoms with Crippen molar-refractivity contribution in [2.45, 2.75) is 51.7 Å². The molecule has 1 heterocycles. The largest absolute Gasteiger partial charge is 0.466 e. The van der Waals surface area contributed by atoms with Gasteiger partial charge in [-0.3, -0.25) is 4.79 Å². The van der Waals surface area contributed by atoms with Crippen molar-refractivity contribution in [3.8, 4) is 0 Å². The molecule has 118 valence electrons. The van der Waals surface area contributed by atoms with E-state index in [-0.39, 0.29) is 11.9 Å². The van der Waals surface area contributed by atoms with Crippen LogP contribution < -0.4 is 5.32 Å². The highest BCUT2D eigenvalue weighted by molar-refractivity contribution is 7.09. The molecular formula is C15H24N2O3S. The van der Waals surface area contributed by atoms with Crippen LogP contribution >= 0.6 is 11.3 Å². The van der Waals surface area contributed by atoms with E-state index in [1.54, 1.807) is 11.3 Å². The lowest BCUT2D eigenvalue weighted by atomic mass is 9.79. The van der Waals surface area contributed by atoms with E-state index in [1.807, 2.05) is 19.2 Å². The summed E-state index contributed by atoms with van der Waals surface area (Å²) in [5.74, 6) is -0.170. The van der Waals surface area contributed by atoms with Crippen LogP contribution in [0.25, 0.3) is 0 Å². The quantitative estimate of drug-likeness (QED) is 0.786. The molecule has 2 rings (SSSR count). The van der Waals surface area contributed by atoms with Crippen molar-refractivity contribution in [2.24, 2.45) is 5.92 Å². The summed E-state index contributed by atoms with van der Waals surface area (Å²) in [6.07, 6.45) is 2.68. The zero-order valence-corrected chi connectivity index (χ0v) is 13.5. The molecule has 1 saturated carbocycles. The van der Waals surface area contributed by atoms with Gasteiger partial charge in [0.1, 0.15) is 0 Å². The number of nitrogens with one attached hydrogen (secondary N) is 1. The van der Waals surface area contributed by atoms with Gasteiger partial charge in [-0.25, -0.2) is 4.98 Å². The Morgan fingerprint density at radius 1 is 1.57 bits per heavy atom. The molecule has 0 aromatic carbocycles. The number of hydrogen-bond acceptors (Lipinski definition) is 6. The van der Waals surface area contributed by atoms with Gasteiger partial charge in [-0.2, -0.15) is 0 Å². The number of carbonyl (C=O) groups excluding carboxylic acids is 1. The number of hydrogen-bond donors (Lipinski definition) is 2. The van der Waals surface area contributed by atoms with Gasteiger partial charge >= 0.3 is 5.97 Å². The predicted octanol–water partition coefficient (Wildman–Crippen LogP) is 2.03. The molecule has 5 nitrogen and oxygen atoms in total. The zero-order valence-electron chi connectivity index (χ0n) is 12.7. The third kappa shape index (κ3) is 4.76. The van der Waals surface area contributed by atoms with E-state index in [0.717, 1.165) is 10.7 Å². The molecule has 0 spiro atoms. The molecule has 1 aromatic heterocycles. The molecule has 0 amide bonds. The van der Waals surface area contributed by atoms with Crippen LogP contribution in [0.1, 0.15) is 43.3 Å². The number of aliphatic hydroxyl groups is 1. The van der Waals surface area contributed by atoms with Gasteiger partial charge in [0.15, 0.2) is 0 Å². The maximum atomic E-state index is 11.7. The number of rotatable bonds is 6. The van der Waals surface area contributed by atoms with Gasteiger partial charge in [0.2, 0.25) is 0 Å². The fourth-order valence-corrected chi connectivity index (χ4v) is 3.35. The van der Waals surface area contributed by atoms with Gasteiger partial charge in [0.05, 0.1) is 28.8 Å². The third-order valence-electron chi connectivity index (χ3n) is 3.96. The molecule has 21 heavy (non-hydrogen) atoms. The van der Waals surface area contributed by atoms with Crippen LogP contribution in [0.2, 0.25) is 0 Å². The molecule has 1 aromatic rings. The van der Waals surface area contributed by atoms with Crippen LogP contribution in [0.5, 0.6) is 0 Å². The minimum absolute atomic E-state index is 0.0496. The van der Waals surface area contributed by atoms with Crippen LogP contribution in [0.3, 0.4) is 0 Å². The number of esters is 1. The van der Waals surface area contributed by atoms with Crippen molar-refractivity contribution < 1.29 is 14.6 Å². The molecule has 6 heteroatoms. The average Bonchev–Trinajstić information content (AvgIpc) is 2.85. The Kier molecular flexibility index (Phi) is 5.72. The van der Waals surface area contributed by atoms with E-state index >= 15 is 0 Å². The van der Waals surface area contributed by atoms with Crippen molar-refractivity contribution in [3.05, 3.63) is 16.1 Å². The van der Waals surface area contributed by atoms with Crippen molar-refractivity contribution in [2.75, 3.05) is 13.2 Å². The van der Waals surface area contributed by atoms with Crippen LogP contribution in [-0.4, -0.2) is 34.8 Å². The Hall–Kier alpha value is -0.980. The van der Waals surface area contributed by atoms with Crippen LogP contribution in [0.4, 0.5) is 0 Å². The predicted molar refractivity (Wildman–Crippen MR) is 82.1 cm³/mol. The highest BCUT2D eigenvalue weighted by atomic mass is 32.1. The normalized spacial score (nSPS) is 25.8. The molecule has 1 aliphatic rings. The first-order valence-corrected chi connectivity index (χ1v) is 8.41. The minimum atomic E-state index is -0.714. The van der Waals surface area contributed by atoms with Crippen molar-refractivity contribution in [1.82, 2.24) is 10.3 Å². The van der Waals surface area contributed by atoms with Crippen molar-refractivity contribution >= 4 is 17.3 Å². The highest BCUT2D eigenvalue weighted by Crippen LogP contribution is 2.32. The minimum Gasteiger partial charge on any atom is -0.466 e. The van der Waals surface area contributed by atoms with E-state index < -0.39 is 5.60 Å². The number of aromatic nitrogens is 1. The van der Waals surface area contributed by atoms with Crippen molar-refractivity contribution in [3.63, 3.8) is 0 Å². The Labute approximate surface area is 129 Å². The molecule has 0 saturated heterocycles. The summed E-state index contributed by atoms with van der Waals surface area (Å²) >= 11 is 1.63. The molecule has 0 aliphatic heterocycles. The maximum Gasteiger partial charge on any atom is 0.308 e. The lowest BCUT2D eigenvalue weighted by Gasteiger charge is -2.35. The number of nitrogens with zero attached hydrogens (tertiary/aromatic N) is 1. The van der Waals surface area contributed by atoms with Crippen LogP contribution in [-0.2, 0) is 16.1 Å². The topological polar surface area (TPSA) is 71.5 Å². The van der Waals surface area contributed by atoms with Gasteiger partial charge in [0, 0.05) is 18.5 Å². The summed E-state index contributed by atoms with van der Waals surface area (Å²) in [6.45, 7) is 5.45. The molecule has 0 radical (unpaired) electrons. The summed E-state index contributed by atoms with van der Waals surface area (Å²) < 4.78 is 5.05. The average molecular weight is 312 g/mol. The summed E-state index contributed by atoms with van der Waals surface area (Å²) in [7, 11) is 0. The number of aryl methyl sites for hydroxylation is 1. The molecular weight excluding hydrogens is 288 g/mol. The Morgan fingerprint density at radius 2 is 2.29 bits per heavy atom. The van der Waals surface area contributed by atoms with Gasteiger partial charge in [-0.05, 0) is 39.5 Å². The smallest absolute Gasteiger partial charge is 0.308 e. The van der Waals surface area contributed by atoms with Gasteiger partial charge in [0.25, 0.3) is 0 Å². The molecule has 0 bridgehead atoms. The summed E-state index contributed by atoms with van der Waals surface area (Å²) in [6, 6.07) is 0. The maximum absolute atomic E-state index is 11.7. The SMILES string of the molecule is CCOC(=O)C1CCC(O)(CNCc2csc(C)n2)CC1. The van der Waals surface area contributed by atoms with E-state index in [9.17, 15) is 9.90 Å². The second-order valence-electron chi connectivity index (χ2n) is 5.71. The Balaban J connectivity index is 1.73. The van der Waals surface area contributed by atoms with Gasteiger partial charge in [-0.1, -0.05) is 0 Å². The van der Waals surface area contributed by atoms with E-state index in [1.165, 1.54) is 0 Å². The first-order chi connectivity index (χ1) is 10.0. The fraction of sp³-hybridized carbons (Fsp3) is 0.733. The number of ether oxygens (including phenoxy) is 1. The summed E-state index contributed by atoms with van der Waals surface area (Å²) in [5, 5.41) is 16.9. The molecule has 2 N–H and O–H groups in total. The second-order valence-corrected chi connectivity index (χ2v) is 6.77. The standard InChI is InChI=1S/C15H24N2O3S/c1-3-20-14(18)12-4-6-15(19,7-5-12)10-16-8-13-9-21-11(2)17-13/h9,12,16,19H,3-8,10H2,1-2H3. The molecule has 1 aliphatic carbocycles. The fourth-order valence-electron chi connectivity index (χ4n) is 2.74. The summed E-state index contributed by atoms with van der Waals surface area (Å²) in [4.78, 5) is 16.1. The Morgan fingerprint density at radius 3 is 2.86 bits per heavy atom. The summed E-state index contributed by atoms with van der Waals surface area (Å²) in [5.41, 5.74) is 0.301. The Bertz CT molecular complexity index is 467. The van der Waals surface area contributed by atoms with E-state index in [0.29, 0.717) is 45.4 Å².